The lowest BCUT2D eigenvalue weighted by molar-refractivity contribution is 0.151. The van der Waals surface area contributed by atoms with Gasteiger partial charge in [0.15, 0.2) is 0 Å². The summed E-state index contributed by atoms with van der Waals surface area (Å²) in [5, 5.41) is 8.84. The van der Waals surface area contributed by atoms with Gasteiger partial charge in [0.05, 0.1) is 18.6 Å². The van der Waals surface area contributed by atoms with Crippen molar-refractivity contribution < 1.29 is 13.9 Å². The van der Waals surface area contributed by atoms with E-state index in [4.69, 9.17) is 5.11 Å². The number of aromatic nitrogens is 2. The van der Waals surface area contributed by atoms with Crippen LogP contribution in [0.5, 0.6) is 0 Å². The van der Waals surface area contributed by atoms with Crippen molar-refractivity contribution in [1.82, 2.24) is 9.55 Å². The average Bonchev–Trinajstić information content (AvgIpc) is 2.77. The van der Waals surface area contributed by atoms with E-state index in [0.717, 1.165) is 0 Å². The zero-order valence-corrected chi connectivity index (χ0v) is 8.35. The molecule has 1 aromatic carbocycles. The number of aliphatic hydroxyl groups is 1. The lowest BCUT2D eigenvalue weighted by Crippen LogP contribution is -1.92. The summed E-state index contributed by atoms with van der Waals surface area (Å²) in [6.07, 6.45) is 0.599. The predicted octanol–water partition coefficient (Wildman–Crippen LogP) is 2.30. The van der Waals surface area contributed by atoms with Crippen LogP contribution < -0.4 is 0 Å². The zero-order chi connectivity index (χ0) is 11.5. The van der Waals surface area contributed by atoms with E-state index in [1.54, 1.807) is 22.9 Å². The third-order valence-corrected chi connectivity index (χ3v) is 2.22. The van der Waals surface area contributed by atoms with Gasteiger partial charge in [0, 0.05) is 17.4 Å². The molecule has 2 aromatic rings. The van der Waals surface area contributed by atoms with Gasteiger partial charge in [0.1, 0.15) is 0 Å². The quantitative estimate of drug-likeness (QED) is 0.868. The standard InChI is InChI=1S/C11H10F2N2O/c12-11(13)8-2-1-3-10(4-8)15-5-9(6-16)14-7-15/h1-5,7,11,16H,6H2. The smallest absolute Gasteiger partial charge is 0.263 e. The molecule has 16 heavy (non-hydrogen) atoms. The highest BCUT2D eigenvalue weighted by Gasteiger charge is 2.08. The Hall–Kier alpha value is -1.75. The van der Waals surface area contributed by atoms with Gasteiger partial charge in [-0.25, -0.2) is 13.8 Å². The van der Waals surface area contributed by atoms with Gasteiger partial charge >= 0.3 is 0 Å². The molecule has 0 amide bonds. The average molecular weight is 224 g/mol. The molecule has 0 atom stereocenters. The van der Waals surface area contributed by atoms with Crippen LogP contribution in [0.25, 0.3) is 5.69 Å². The highest BCUT2D eigenvalue weighted by Crippen LogP contribution is 2.21. The highest BCUT2D eigenvalue weighted by molar-refractivity contribution is 5.36. The molecule has 0 unspecified atom stereocenters. The lowest BCUT2D eigenvalue weighted by atomic mass is 10.2. The van der Waals surface area contributed by atoms with Gasteiger partial charge in [-0.2, -0.15) is 0 Å². The van der Waals surface area contributed by atoms with Crippen LogP contribution in [-0.2, 0) is 6.61 Å². The summed E-state index contributed by atoms with van der Waals surface area (Å²) in [6.45, 7) is -0.165. The maximum absolute atomic E-state index is 12.5. The van der Waals surface area contributed by atoms with Crippen LogP contribution in [0, 0.1) is 0 Å². The number of benzene rings is 1. The molecule has 0 fully saturated rings. The van der Waals surface area contributed by atoms with Gasteiger partial charge < -0.3 is 9.67 Å². The number of aliphatic hydroxyl groups excluding tert-OH is 1. The van der Waals surface area contributed by atoms with E-state index in [-0.39, 0.29) is 12.2 Å². The van der Waals surface area contributed by atoms with Crippen LogP contribution in [0.1, 0.15) is 17.7 Å². The minimum absolute atomic E-state index is 0.0308. The van der Waals surface area contributed by atoms with Crippen LogP contribution in [0.2, 0.25) is 0 Å². The number of hydrogen-bond acceptors (Lipinski definition) is 2. The molecule has 1 aromatic heterocycles. The summed E-state index contributed by atoms with van der Waals surface area (Å²) in [5.74, 6) is 0. The van der Waals surface area contributed by atoms with Gasteiger partial charge in [-0.05, 0) is 12.1 Å². The second-order valence-corrected chi connectivity index (χ2v) is 3.33. The van der Waals surface area contributed by atoms with Crippen molar-refractivity contribution in [2.24, 2.45) is 0 Å². The maximum atomic E-state index is 12.5. The predicted molar refractivity (Wildman–Crippen MR) is 54.4 cm³/mol. The fourth-order valence-corrected chi connectivity index (χ4v) is 1.41. The molecule has 0 bridgehead atoms. The molecule has 1 heterocycles. The molecule has 3 nitrogen and oxygen atoms in total. The van der Waals surface area contributed by atoms with Crippen molar-refractivity contribution in [2.45, 2.75) is 13.0 Å². The maximum Gasteiger partial charge on any atom is 0.263 e. The fourth-order valence-electron chi connectivity index (χ4n) is 1.41. The number of rotatable bonds is 3. The molecule has 1 N–H and O–H groups in total. The van der Waals surface area contributed by atoms with Gasteiger partial charge in [0.2, 0.25) is 0 Å². The van der Waals surface area contributed by atoms with E-state index < -0.39 is 6.43 Å². The minimum Gasteiger partial charge on any atom is -0.390 e. The van der Waals surface area contributed by atoms with Gasteiger partial charge in [-0.1, -0.05) is 12.1 Å². The minimum atomic E-state index is -2.49. The highest BCUT2D eigenvalue weighted by atomic mass is 19.3. The largest absolute Gasteiger partial charge is 0.390 e. The van der Waals surface area contributed by atoms with Crippen molar-refractivity contribution in [3.05, 3.63) is 48.0 Å². The van der Waals surface area contributed by atoms with Crippen LogP contribution in [0.15, 0.2) is 36.8 Å². The molecular formula is C11H10F2N2O. The third kappa shape index (κ3) is 2.09. The van der Waals surface area contributed by atoms with Gasteiger partial charge in [-0.15, -0.1) is 0 Å². The fraction of sp³-hybridized carbons (Fsp3) is 0.182. The summed E-state index contributed by atoms with van der Waals surface area (Å²) in [7, 11) is 0. The van der Waals surface area contributed by atoms with Crippen molar-refractivity contribution in [2.75, 3.05) is 0 Å². The number of halogens is 2. The molecule has 0 saturated carbocycles. The second kappa shape index (κ2) is 4.40. The number of hydrogen-bond donors (Lipinski definition) is 1. The molecule has 0 aliphatic carbocycles. The summed E-state index contributed by atoms with van der Waals surface area (Å²) in [4.78, 5) is 3.91. The Bertz CT molecular complexity index is 482. The van der Waals surface area contributed by atoms with Crippen LogP contribution in [0.3, 0.4) is 0 Å². The molecule has 5 heteroatoms. The van der Waals surface area contributed by atoms with Crippen molar-refractivity contribution in [3.8, 4) is 5.69 Å². The summed E-state index contributed by atoms with van der Waals surface area (Å²) in [6, 6.07) is 6.04. The summed E-state index contributed by atoms with van der Waals surface area (Å²) < 4.78 is 26.5. The molecule has 0 spiro atoms. The van der Waals surface area contributed by atoms with Crippen molar-refractivity contribution in [3.63, 3.8) is 0 Å². The first-order valence-corrected chi connectivity index (χ1v) is 4.73. The molecular weight excluding hydrogens is 214 g/mol. The van der Waals surface area contributed by atoms with Crippen LogP contribution in [-0.4, -0.2) is 14.7 Å². The van der Waals surface area contributed by atoms with Gasteiger partial charge in [0.25, 0.3) is 6.43 Å². The van der Waals surface area contributed by atoms with Crippen LogP contribution >= 0.6 is 0 Å². The Kier molecular flexibility index (Phi) is 2.96. The SMILES string of the molecule is OCc1cn(-c2cccc(C(F)F)c2)cn1. The van der Waals surface area contributed by atoms with E-state index in [2.05, 4.69) is 4.98 Å². The second-order valence-electron chi connectivity index (χ2n) is 3.33. The Morgan fingerprint density at radius 1 is 1.38 bits per heavy atom. The Morgan fingerprint density at radius 2 is 2.19 bits per heavy atom. The zero-order valence-electron chi connectivity index (χ0n) is 8.35. The number of imidazole rings is 1. The monoisotopic (exact) mass is 224 g/mol. The molecule has 0 aliphatic heterocycles. The third-order valence-electron chi connectivity index (χ3n) is 2.22. The lowest BCUT2D eigenvalue weighted by Gasteiger charge is -2.04. The molecule has 0 saturated heterocycles. The first-order valence-electron chi connectivity index (χ1n) is 4.73. The molecule has 2 rings (SSSR count). The number of alkyl halides is 2. The van der Waals surface area contributed by atoms with E-state index in [0.29, 0.717) is 11.4 Å². The van der Waals surface area contributed by atoms with Crippen LogP contribution in [0.4, 0.5) is 8.78 Å². The summed E-state index contributed by atoms with van der Waals surface area (Å²) in [5.41, 5.74) is 1.07. The van der Waals surface area contributed by atoms with E-state index >= 15 is 0 Å². The normalized spacial score (nSPS) is 11.0. The van der Waals surface area contributed by atoms with Crippen molar-refractivity contribution in [1.29, 1.82) is 0 Å². The molecule has 84 valence electrons. The Morgan fingerprint density at radius 3 is 2.81 bits per heavy atom. The van der Waals surface area contributed by atoms with E-state index in [1.165, 1.54) is 18.5 Å². The number of nitrogens with zero attached hydrogens (tertiary/aromatic N) is 2. The Balaban J connectivity index is 2.36. The first kappa shape index (κ1) is 10.8. The van der Waals surface area contributed by atoms with Crippen molar-refractivity contribution >= 4 is 0 Å². The van der Waals surface area contributed by atoms with Gasteiger partial charge in [-0.3, -0.25) is 0 Å². The van der Waals surface area contributed by atoms with E-state index in [1.807, 2.05) is 0 Å². The first-order chi connectivity index (χ1) is 7.70. The summed E-state index contributed by atoms with van der Waals surface area (Å²) >= 11 is 0. The van der Waals surface area contributed by atoms with E-state index in [9.17, 15) is 8.78 Å². The molecule has 0 aliphatic rings. The Labute approximate surface area is 91.0 Å². The topological polar surface area (TPSA) is 38.0 Å². The molecule has 0 radical (unpaired) electrons.